The van der Waals surface area contributed by atoms with Gasteiger partial charge >= 0.3 is 0 Å². The fourth-order valence-corrected chi connectivity index (χ4v) is 8.29. The van der Waals surface area contributed by atoms with Crippen molar-refractivity contribution in [3.8, 4) is 44.5 Å². The van der Waals surface area contributed by atoms with Crippen molar-refractivity contribution in [3.63, 3.8) is 0 Å². The first-order valence-corrected chi connectivity index (χ1v) is 17.1. The SMILES string of the molecule is Cc1ccc(-c2c3ccccc3c(-c3ccc(C)cc3)c3cc(-c4cccc(-c5ccc6sc7ccccc7c6c5)c4)ccc23)cc1. The summed E-state index contributed by atoms with van der Waals surface area (Å²) in [4.78, 5) is 0. The summed E-state index contributed by atoms with van der Waals surface area (Å²) in [6, 6.07) is 58.7. The van der Waals surface area contributed by atoms with Gasteiger partial charge in [-0.05, 0) is 110 Å². The Hall–Kier alpha value is -5.50. The van der Waals surface area contributed by atoms with E-state index < -0.39 is 0 Å². The molecule has 0 unspecified atom stereocenters. The van der Waals surface area contributed by atoms with Gasteiger partial charge in [-0.3, -0.25) is 0 Å². The minimum Gasteiger partial charge on any atom is -0.135 e. The quantitative estimate of drug-likeness (QED) is 0.173. The number of hydrogen-bond acceptors (Lipinski definition) is 1. The van der Waals surface area contributed by atoms with Gasteiger partial charge in [0.25, 0.3) is 0 Å². The van der Waals surface area contributed by atoms with Crippen molar-refractivity contribution in [2.45, 2.75) is 13.8 Å². The Kier molecular flexibility index (Phi) is 6.55. The second-order valence-electron chi connectivity index (χ2n) is 12.7. The van der Waals surface area contributed by atoms with Crippen molar-refractivity contribution in [1.29, 1.82) is 0 Å². The Morgan fingerprint density at radius 1 is 0.298 bits per heavy atom. The van der Waals surface area contributed by atoms with Gasteiger partial charge in [0, 0.05) is 20.2 Å². The topological polar surface area (TPSA) is 0 Å². The third-order valence-electron chi connectivity index (χ3n) is 9.61. The second-order valence-corrected chi connectivity index (χ2v) is 13.8. The normalized spacial score (nSPS) is 11.6. The van der Waals surface area contributed by atoms with Crippen LogP contribution in [-0.4, -0.2) is 0 Å². The van der Waals surface area contributed by atoms with Gasteiger partial charge in [-0.15, -0.1) is 11.3 Å². The molecule has 0 N–H and O–H groups in total. The van der Waals surface area contributed by atoms with Crippen LogP contribution in [0.15, 0.2) is 158 Å². The smallest absolute Gasteiger partial charge is 0.0355 e. The maximum atomic E-state index is 2.42. The molecule has 9 rings (SSSR count). The third kappa shape index (κ3) is 4.74. The zero-order valence-electron chi connectivity index (χ0n) is 26.4. The summed E-state index contributed by atoms with van der Waals surface area (Å²) in [6.07, 6.45) is 0. The Morgan fingerprint density at radius 3 is 1.38 bits per heavy atom. The summed E-state index contributed by atoms with van der Waals surface area (Å²) < 4.78 is 2.67. The molecule has 0 saturated carbocycles. The first-order chi connectivity index (χ1) is 23.1. The van der Waals surface area contributed by atoms with Gasteiger partial charge in [0.2, 0.25) is 0 Å². The van der Waals surface area contributed by atoms with Gasteiger partial charge < -0.3 is 0 Å². The lowest BCUT2D eigenvalue weighted by molar-refractivity contribution is 1.47. The monoisotopic (exact) mass is 616 g/mol. The van der Waals surface area contributed by atoms with Gasteiger partial charge in [0.1, 0.15) is 0 Å². The number of benzene rings is 8. The molecule has 0 radical (unpaired) electrons. The van der Waals surface area contributed by atoms with Crippen LogP contribution in [0.2, 0.25) is 0 Å². The molecule has 0 spiro atoms. The molecule has 47 heavy (non-hydrogen) atoms. The Morgan fingerprint density at radius 2 is 0.745 bits per heavy atom. The highest BCUT2D eigenvalue weighted by Gasteiger charge is 2.18. The van der Waals surface area contributed by atoms with E-state index in [2.05, 4.69) is 172 Å². The van der Waals surface area contributed by atoms with Crippen LogP contribution >= 0.6 is 11.3 Å². The minimum absolute atomic E-state index is 1.22. The van der Waals surface area contributed by atoms with Crippen LogP contribution in [0.1, 0.15) is 11.1 Å². The van der Waals surface area contributed by atoms with E-state index in [1.165, 1.54) is 97.4 Å². The van der Waals surface area contributed by atoms with Crippen LogP contribution < -0.4 is 0 Å². The molecule has 1 heteroatoms. The Labute approximate surface area is 279 Å². The molecule has 8 aromatic carbocycles. The minimum atomic E-state index is 1.22. The summed E-state index contributed by atoms with van der Waals surface area (Å²) >= 11 is 1.87. The summed E-state index contributed by atoms with van der Waals surface area (Å²) in [5.41, 5.74) is 12.5. The third-order valence-corrected chi connectivity index (χ3v) is 10.8. The van der Waals surface area contributed by atoms with Crippen molar-refractivity contribution in [1.82, 2.24) is 0 Å². The maximum absolute atomic E-state index is 2.42. The molecule has 0 atom stereocenters. The lowest BCUT2D eigenvalue weighted by Crippen LogP contribution is -1.92. The molecule has 9 aromatic rings. The molecule has 0 aliphatic heterocycles. The summed E-state index contributed by atoms with van der Waals surface area (Å²) in [6.45, 7) is 4.31. The first-order valence-electron chi connectivity index (χ1n) is 16.3. The predicted octanol–water partition coefficient (Wildman–Crippen LogP) is 13.6. The molecule has 1 aromatic heterocycles. The zero-order valence-corrected chi connectivity index (χ0v) is 27.2. The first kappa shape index (κ1) is 27.8. The van der Waals surface area contributed by atoms with E-state index in [0.29, 0.717) is 0 Å². The molecule has 0 amide bonds. The largest absolute Gasteiger partial charge is 0.135 e. The van der Waals surface area contributed by atoms with E-state index in [4.69, 9.17) is 0 Å². The Balaban J connectivity index is 1.27. The highest BCUT2D eigenvalue weighted by Crippen LogP contribution is 2.45. The molecular formula is C46H32S. The molecule has 0 fully saturated rings. The average molecular weight is 617 g/mol. The maximum Gasteiger partial charge on any atom is 0.0355 e. The highest BCUT2D eigenvalue weighted by atomic mass is 32.1. The molecule has 0 saturated heterocycles. The van der Waals surface area contributed by atoms with Crippen LogP contribution in [-0.2, 0) is 0 Å². The van der Waals surface area contributed by atoms with Crippen molar-refractivity contribution < 1.29 is 0 Å². The number of thiophene rings is 1. The standard InChI is InChI=1S/C46H32S/c1-29-14-18-31(19-15-29)45-38-11-3-4-12-39(38)46(32-20-16-30(2)17-21-32)42-28-35(22-24-40(42)45)33-8-7-9-34(26-33)36-23-25-44-41(27-36)37-10-5-6-13-43(37)47-44/h3-28H,1-2H3. The predicted molar refractivity (Wildman–Crippen MR) is 206 cm³/mol. The molecule has 222 valence electrons. The zero-order chi connectivity index (χ0) is 31.5. The number of fused-ring (bicyclic) bond motifs is 5. The van der Waals surface area contributed by atoms with Crippen molar-refractivity contribution in [3.05, 3.63) is 169 Å². The van der Waals surface area contributed by atoms with Crippen molar-refractivity contribution in [2.75, 3.05) is 0 Å². The molecule has 0 aliphatic carbocycles. The van der Waals surface area contributed by atoms with E-state index in [-0.39, 0.29) is 0 Å². The number of aryl methyl sites for hydroxylation is 2. The summed E-state index contributed by atoms with van der Waals surface area (Å²) in [7, 11) is 0. The van der Waals surface area contributed by atoms with E-state index in [1.54, 1.807) is 0 Å². The van der Waals surface area contributed by atoms with Crippen molar-refractivity contribution in [2.24, 2.45) is 0 Å². The molecular weight excluding hydrogens is 585 g/mol. The van der Waals surface area contributed by atoms with Gasteiger partial charge in [-0.25, -0.2) is 0 Å². The van der Waals surface area contributed by atoms with Crippen molar-refractivity contribution >= 4 is 53.1 Å². The van der Waals surface area contributed by atoms with Gasteiger partial charge in [0.15, 0.2) is 0 Å². The fourth-order valence-electron chi connectivity index (χ4n) is 7.20. The molecule has 0 bridgehead atoms. The number of rotatable bonds is 4. The van der Waals surface area contributed by atoms with Crippen LogP contribution in [0, 0.1) is 13.8 Å². The van der Waals surface area contributed by atoms with Gasteiger partial charge in [-0.1, -0.05) is 139 Å². The van der Waals surface area contributed by atoms with Gasteiger partial charge in [0.05, 0.1) is 0 Å². The number of hydrogen-bond donors (Lipinski definition) is 0. The second kappa shape index (κ2) is 11.1. The molecule has 0 nitrogen and oxygen atoms in total. The highest BCUT2D eigenvalue weighted by molar-refractivity contribution is 7.25. The van der Waals surface area contributed by atoms with Crippen LogP contribution in [0.5, 0.6) is 0 Å². The molecule has 0 aliphatic rings. The van der Waals surface area contributed by atoms with Crippen LogP contribution in [0.4, 0.5) is 0 Å². The van der Waals surface area contributed by atoms with E-state index in [9.17, 15) is 0 Å². The lowest BCUT2D eigenvalue weighted by atomic mass is 9.84. The average Bonchev–Trinajstić information content (AvgIpc) is 3.49. The fraction of sp³-hybridized carbons (Fsp3) is 0.0435. The van der Waals surface area contributed by atoms with E-state index >= 15 is 0 Å². The van der Waals surface area contributed by atoms with E-state index in [1.807, 2.05) is 11.3 Å². The van der Waals surface area contributed by atoms with Gasteiger partial charge in [-0.2, -0.15) is 0 Å². The lowest BCUT2D eigenvalue weighted by Gasteiger charge is -2.19. The summed E-state index contributed by atoms with van der Waals surface area (Å²) in [5, 5.41) is 7.78. The molecule has 1 heterocycles. The van der Waals surface area contributed by atoms with E-state index in [0.717, 1.165) is 0 Å². The summed E-state index contributed by atoms with van der Waals surface area (Å²) in [5.74, 6) is 0. The van der Waals surface area contributed by atoms with Crippen LogP contribution in [0.3, 0.4) is 0 Å². The van der Waals surface area contributed by atoms with Crippen LogP contribution in [0.25, 0.3) is 86.2 Å². The Bertz CT molecular complexity index is 2620.